The summed E-state index contributed by atoms with van der Waals surface area (Å²) in [6, 6.07) is 8.36. The number of hydrogen-bond donors (Lipinski definition) is 4. The van der Waals surface area contributed by atoms with Crippen molar-refractivity contribution in [2.75, 3.05) is 5.32 Å². The van der Waals surface area contributed by atoms with Crippen molar-refractivity contribution in [2.24, 2.45) is 0 Å². The maximum absolute atomic E-state index is 12.8. The Kier molecular flexibility index (Phi) is 5.95. The van der Waals surface area contributed by atoms with Crippen LogP contribution in [-0.4, -0.2) is 27.3 Å². The van der Waals surface area contributed by atoms with Gasteiger partial charge in [-0.1, -0.05) is 12.1 Å². The van der Waals surface area contributed by atoms with Crippen LogP contribution in [0.25, 0.3) is 10.9 Å². The standard InChI is InChI=1S/C18H15F3N4O.C2H4O2/c19-18(20,21)11-5-6-12-10(8-11)4-7-15(12)24-17(26)23-14-2-1-3-16-13(14)9-22-25-16;1-2(3)4/h1-3,5-6,8-9,15H,4,7H2,(H,22,25)(H2,23,24,26);1H3,(H,3,4). The zero-order valence-electron chi connectivity index (χ0n) is 15.9. The molecule has 0 radical (unpaired) electrons. The van der Waals surface area contributed by atoms with Crippen LogP contribution < -0.4 is 10.6 Å². The van der Waals surface area contributed by atoms with Gasteiger partial charge in [0.25, 0.3) is 5.97 Å². The van der Waals surface area contributed by atoms with Gasteiger partial charge in [-0.3, -0.25) is 9.89 Å². The molecule has 2 amide bonds. The van der Waals surface area contributed by atoms with Crippen molar-refractivity contribution in [3.8, 4) is 0 Å². The number of anilines is 1. The Morgan fingerprint density at radius 2 is 1.97 bits per heavy atom. The van der Waals surface area contributed by atoms with Crippen LogP contribution in [0, 0.1) is 0 Å². The van der Waals surface area contributed by atoms with Crippen LogP contribution in [0.1, 0.15) is 36.1 Å². The Morgan fingerprint density at radius 3 is 2.67 bits per heavy atom. The summed E-state index contributed by atoms with van der Waals surface area (Å²) in [6.07, 6.45) is -1.67. The largest absolute Gasteiger partial charge is 0.481 e. The van der Waals surface area contributed by atoms with Gasteiger partial charge in [0.15, 0.2) is 0 Å². The highest BCUT2D eigenvalue weighted by Crippen LogP contribution is 2.36. The fourth-order valence-corrected chi connectivity index (χ4v) is 3.34. The molecule has 4 rings (SSSR count). The minimum atomic E-state index is -4.36. The Bertz CT molecular complexity index is 1070. The minimum Gasteiger partial charge on any atom is -0.481 e. The number of carboxylic acids is 1. The molecular weight excluding hydrogens is 401 g/mol. The zero-order valence-corrected chi connectivity index (χ0v) is 15.9. The van der Waals surface area contributed by atoms with E-state index < -0.39 is 23.7 Å². The summed E-state index contributed by atoms with van der Waals surface area (Å²) in [4.78, 5) is 21.3. The molecule has 1 aliphatic carbocycles. The SMILES string of the molecule is CC(=O)O.O=C(Nc1cccc2[nH]ncc12)NC1CCc2cc(C(F)(F)F)ccc21. The Morgan fingerprint density at radius 1 is 1.23 bits per heavy atom. The minimum absolute atomic E-state index is 0.309. The number of H-pyrrole nitrogens is 1. The average Bonchev–Trinajstić information content (AvgIpc) is 3.28. The molecule has 0 aliphatic heterocycles. The number of carbonyl (C=O) groups excluding carboxylic acids is 1. The molecular formula is C20H19F3N4O3. The van der Waals surface area contributed by atoms with E-state index >= 15 is 0 Å². The molecule has 1 aromatic heterocycles. The summed E-state index contributed by atoms with van der Waals surface area (Å²) >= 11 is 0. The van der Waals surface area contributed by atoms with Gasteiger partial charge in [-0.2, -0.15) is 18.3 Å². The topological polar surface area (TPSA) is 107 Å². The number of aliphatic carboxylic acids is 1. The second kappa shape index (κ2) is 8.44. The van der Waals surface area contributed by atoms with Crippen molar-refractivity contribution >= 4 is 28.6 Å². The zero-order chi connectivity index (χ0) is 21.9. The van der Waals surface area contributed by atoms with Gasteiger partial charge in [0.05, 0.1) is 29.0 Å². The number of aromatic amines is 1. The fraction of sp³-hybridized carbons (Fsp3) is 0.250. The van der Waals surface area contributed by atoms with Crippen molar-refractivity contribution in [3.05, 3.63) is 59.3 Å². The number of alkyl halides is 3. The highest BCUT2D eigenvalue weighted by Gasteiger charge is 2.33. The van der Waals surface area contributed by atoms with E-state index in [9.17, 15) is 18.0 Å². The monoisotopic (exact) mass is 420 g/mol. The Balaban J connectivity index is 0.000000589. The molecule has 1 unspecified atom stereocenters. The smallest absolute Gasteiger partial charge is 0.416 e. The third kappa shape index (κ3) is 4.88. The highest BCUT2D eigenvalue weighted by molar-refractivity contribution is 6.00. The molecule has 0 bridgehead atoms. The molecule has 4 N–H and O–H groups in total. The number of nitrogens with one attached hydrogen (secondary N) is 3. The molecule has 1 heterocycles. The van der Waals surface area contributed by atoms with E-state index in [-0.39, 0.29) is 6.04 Å². The molecule has 0 saturated carbocycles. The summed E-state index contributed by atoms with van der Waals surface area (Å²) in [6.45, 7) is 1.08. The van der Waals surface area contributed by atoms with Gasteiger partial charge in [0, 0.05) is 12.3 Å². The lowest BCUT2D eigenvalue weighted by Gasteiger charge is -2.16. The first-order valence-corrected chi connectivity index (χ1v) is 9.04. The molecule has 30 heavy (non-hydrogen) atoms. The van der Waals surface area contributed by atoms with Gasteiger partial charge >= 0.3 is 12.2 Å². The van der Waals surface area contributed by atoms with Crippen molar-refractivity contribution < 1.29 is 27.9 Å². The van der Waals surface area contributed by atoms with Gasteiger partial charge in [0.2, 0.25) is 0 Å². The number of amides is 2. The number of urea groups is 1. The number of carbonyl (C=O) groups is 2. The number of fused-ring (bicyclic) bond motifs is 2. The Labute approximate surface area is 169 Å². The summed E-state index contributed by atoms with van der Waals surface area (Å²) in [5.41, 5.74) is 2.11. The van der Waals surface area contributed by atoms with Crippen molar-refractivity contribution in [2.45, 2.75) is 32.0 Å². The lowest BCUT2D eigenvalue weighted by Crippen LogP contribution is -2.31. The molecule has 0 saturated heterocycles. The van der Waals surface area contributed by atoms with E-state index in [1.807, 2.05) is 6.07 Å². The molecule has 1 atom stereocenters. The predicted molar refractivity (Wildman–Crippen MR) is 104 cm³/mol. The van der Waals surface area contributed by atoms with Crippen LogP contribution in [0.4, 0.5) is 23.7 Å². The third-order valence-electron chi connectivity index (χ3n) is 4.59. The van der Waals surface area contributed by atoms with E-state index in [4.69, 9.17) is 9.90 Å². The second-order valence-electron chi connectivity index (χ2n) is 6.76. The molecule has 10 heteroatoms. The van der Waals surface area contributed by atoms with Gasteiger partial charge < -0.3 is 15.7 Å². The molecule has 1 aliphatic rings. The predicted octanol–water partition coefficient (Wildman–Crippen LogP) is 4.48. The average molecular weight is 420 g/mol. The number of rotatable bonds is 2. The number of benzene rings is 2. The first-order valence-electron chi connectivity index (χ1n) is 9.04. The number of carboxylic acid groups (broad SMARTS) is 1. The molecule has 158 valence electrons. The first-order chi connectivity index (χ1) is 14.1. The van der Waals surface area contributed by atoms with Crippen LogP contribution in [0.3, 0.4) is 0 Å². The highest BCUT2D eigenvalue weighted by atomic mass is 19.4. The van der Waals surface area contributed by atoms with E-state index in [1.165, 1.54) is 12.1 Å². The van der Waals surface area contributed by atoms with Crippen LogP contribution >= 0.6 is 0 Å². The lowest BCUT2D eigenvalue weighted by molar-refractivity contribution is -0.137. The molecule has 2 aromatic carbocycles. The van der Waals surface area contributed by atoms with Crippen LogP contribution in [0.2, 0.25) is 0 Å². The second-order valence-corrected chi connectivity index (χ2v) is 6.76. The summed E-state index contributed by atoms with van der Waals surface area (Å²) < 4.78 is 38.5. The quantitative estimate of drug-likeness (QED) is 0.490. The van der Waals surface area contributed by atoms with E-state index in [1.54, 1.807) is 18.3 Å². The summed E-state index contributed by atoms with van der Waals surface area (Å²) in [7, 11) is 0. The number of aryl methyl sites for hydroxylation is 1. The number of hydrogen-bond acceptors (Lipinski definition) is 3. The Hall–Kier alpha value is -3.56. The molecule has 0 fully saturated rings. The number of nitrogens with zero attached hydrogens (tertiary/aromatic N) is 1. The van der Waals surface area contributed by atoms with E-state index in [0.29, 0.717) is 24.1 Å². The van der Waals surface area contributed by atoms with E-state index in [0.717, 1.165) is 29.5 Å². The van der Waals surface area contributed by atoms with Crippen molar-refractivity contribution in [1.82, 2.24) is 15.5 Å². The van der Waals surface area contributed by atoms with Gasteiger partial charge in [-0.25, -0.2) is 4.79 Å². The normalized spacial score (nSPS) is 15.1. The van der Waals surface area contributed by atoms with Crippen LogP contribution in [0.15, 0.2) is 42.6 Å². The fourth-order valence-electron chi connectivity index (χ4n) is 3.34. The first kappa shape index (κ1) is 21.2. The van der Waals surface area contributed by atoms with Crippen LogP contribution in [0.5, 0.6) is 0 Å². The van der Waals surface area contributed by atoms with Gasteiger partial charge in [-0.15, -0.1) is 0 Å². The van der Waals surface area contributed by atoms with Gasteiger partial charge in [-0.05, 0) is 48.2 Å². The molecule has 3 aromatic rings. The number of halogens is 3. The van der Waals surface area contributed by atoms with Gasteiger partial charge in [0.1, 0.15) is 0 Å². The molecule has 0 spiro atoms. The van der Waals surface area contributed by atoms with Crippen LogP contribution in [-0.2, 0) is 17.4 Å². The van der Waals surface area contributed by atoms with Crippen molar-refractivity contribution in [3.63, 3.8) is 0 Å². The third-order valence-corrected chi connectivity index (χ3v) is 4.59. The summed E-state index contributed by atoms with van der Waals surface area (Å²) in [5, 5.41) is 20.6. The lowest BCUT2D eigenvalue weighted by atomic mass is 10.0. The maximum Gasteiger partial charge on any atom is 0.416 e. The van der Waals surface area contributed by atoms with Crippen molar-refractivity contribution in [1.29, 1.82) is 0 Å². The summed E-state index contributed by atoms with van der Waals surface area (Å²) in [5.74, 6) is -0.833. The van der Waals surface area contributed by atoms with E-state index in [2.05, 4.69) is 20.8 Å². The molecule has 7 nitrogen and oxygen atoms in total. The number of aromatic nitrogens is 2. The maximum atomic E-state index is 12.8.